The van der Waals surface area contributed by atoms with Gasteiger partial charge in [0.15, 0.2) is 0 Å². The molecule has 0 aliphatic carbocycles. The summed E-state index contributed by atoms with van der Waals surface area (Å²) >= 11 is 0. The summed E-state index contributed by atoms with van der Waals surface area (Å²) in [6.07, 6.45) is 4.24. The van der Waals surface area contributed by atoms with Gasteiger partial charge < -0.3 is 4.90 Å². The predicted octanol–water partition coefficient (Wildman–Crippen LogP) is 3.64. The van der Waals surface area contributed by atoms with Crippen molar-refractivity contribution in [3.05, 3.63) is 71.8 Å². The number of hydrogen-bond donors (Lipinski definition) is 0. The third-order valence-corrected chi connectivity index (χ3v) is 3.54. The van der Waals surface area contributed by atoms with Gasteiger partial charge in [-0.05, 0) is 17.7 Å². The molecule has 0 atom stereocenters. The fraction of sp³-hybridized carbons (Fsp3) is 0.167. The lowest BCUT2D eigenvalue weighted by Crippen LogP contribution is -2.20. The minimum absolute atomic E-state index is 0.833. The van der Waals surface area contributed by atoms with Crippen molar-refractivity contribution in [1.82, 2.24) is 0 Å². The summed E-state index contributed by atoms with van der Waals surface area (Å²) in [5, 5.41) is 0. The van der Waals surface area contributed by atoms with Crippen LogP contribution in [0.2, 0.25) is 0 Å². The first-order chi connectivity index (χ1) is 9.84. The standard InChI is InChI=1S/C18H18N2/c1-20-14-13-19-17(16-9-5-6-10-18(16)20)12-11-15-7-3-2-4-8-15/h2-12H,13-14H2,1H3/b12-11+. The average Bonchev–Trinajstić information content (AvgIpc) is 2.66. The van der Waals surface area contributed by atoms with Crippen molar-refractivity contribution < 1.29 is 0 Å². The van der Waals surface area contributed by atoms with Crippen LogP contribution in [0, 0.1) is 0 Å². The van der Waals surface area contributed by atoms with Crippen LogP contribution in [0.25, 0.3) is 6.08 Å². The van der Waals surface area contributed by atoms with Crippen molar-refractivity contribution in [2.75, 3.05) is 25.0 Å². The molecular weight excluding hydrogens is 244 g/mol. The maximum Gasteiger partial charge on any atom is 0.0668 e. The Labute approximate surface area is 120 Å². The highest BCUT2D eigenvalue weighted by Crippen LogP contribution is 2.22. The van der Waals surface area contributed by atoms with Crippen LogP contribution in [-0.4, -0.2) is 25.8 Å². The number of aliphatic imine (C=N–C) groups is 1. The molecule has 0 aromatic heterocycles. The first kappa shape index (κ1) is 12.7. The van der Waals surface area contributed by atoms with Gasteiger partial charge in [-0.15, -0.1) is 0 Å². The molecule has 0 saturated carbocycles. The number of rotatable bonds is 2. The number of fused-ring (bicyclic) bond motifs is 1. The Morgan fingerprint density at radius 2 is 1.70 bits per heavy atom. The van der Waals surface area contributed by atoms with Crippen molar-refractivity contribution in [3.63, 3.8) is 0 Å². The molecule has 1 aliphatic rings. The highest BCUT2D eigenvalue weighted by Gasteiger charge is 2.13. The SMILES string of the molecule is CN1CCN=C(/C=C/c2ccccc2)c2ccccc21. The third kappa shape index (κ3) is 2.64. The van der Waals surface area contributed by atoms with Gasteiger partial charge >= 0.3 is 0 Å². The van der Waals surface area contributed by atoms with Crippen LogP contribution in [0.5, 0.6) is 0 Å². The fourth-order valence-corrected chi connectivity index (χ4v) is 2.43. The van der Waals surface area contributed by atoms with Gasteiger partial charge in [-0.25, -0.2) is 0 Å². The number of benzodiazepines with no additional fused rings is 1. The van der Waals surface area contributed by atoms with Gasteiger partial charge in [0.05, 0.1) is 12.3 Å². The second-order valence-corrected chi connectivity index (χ2v) is 4.95. The van der Waals surface area contributed by atoms with Crippen molar-refractivity contribution in [1.29, 1.82) is 0 Å². The Hall–Kier alpha value is -2.35. The molecule has 1 heterocycles. The molecule has 0 fully saturated rings. The fourth-order valence-electron chi connectivity index (χ4n) is 2.43. The number of hydrogen-bond acceptors (Lipinski definition) is 2. The Bertz CT molecular complexity index is 641. The van der Waals surface area contributed by atoms with Crippen molar-refractivity contribution in [2.24, 2.45) is 4.99 Å². The van der Waals surface area contributed by atoms with Crippen molar-refractivity contribution in [3.8, 4) is 0 Å². The summed E-state index contributed by atoms with van der Waals surface area (Å²) in [6.45, 7) is 1.79. The highest BCUT2D eigenvalue weighted by atomic mass is 15.1. The normalized spacial score (nSPS) is 14.8. The Morgan fingerprint density at radius 3 is 2.55 bits per heavy atom. The summed E-state index contributed by atoms with van der Waals surface area (Å²) in [7, 11) is 2.12. The number of para-hydroxylation sites is 1. The highest BCUT2D eigenvalue weighted by molar-refractivity contribution is 6.14. The minimum atomic E-state index is 0.833. The number of likely N-dealkylation sites (N-methyl/N-ethyl adjacent to an activating group) is 1. The largest absolute Gasteiger partial charge is 0.372 e. The molecule has 0 N–H and O–H groups in total. The zero-order valence-electron chi connectivity index (χ0n) is 11.7. The van der Waals surface area contributed by atoms with Gasteiger partial charge in [-0.1, -0.05) is 54.6 Å². The van der Waals surface area contributed by atoms with Crippen LogP contribution < -0.4 is 4.90 Å². The molecule has 0 radical (unpaired) electrons. The van der Waals surface area contributed by atoms with E-state index < -0.39 is 0 Å². The van der Waals surface area contributed by atoms with Crippen LogP contribution in [0.3, 0.4) is 0 Å². The molecule has 2 aromatic carbocycles. The molecule has 0 unspecified atom stereocenters. The predicted molar refractivity (Wildman–Crippen MR) is 86.6 cm³/mol. The number of allylic oxidation sites excluding steroid dienone is 1. The first-order valence-electron chi connectivity index (χ1n) is 6.93. The van der Waals surface area contributed by atoms with E-state index in [4.69, 9.17) is 4.99 Å². The number of benzene rings is 2. The third-order valence-electron chi connectivity index (χ3n) is 3.54. The zero-order valence-corrected chi connectivity index (χ0v) is 11.7. The first-order valence-corrected chi connectivity index (χ1v) is 6.93. The summed E-state index contributed by atoms with van der Waals surface area (Å²) < 4.78 is 0. The minimum Gasteiger partial charge on any atom is -0.372 e. The molecule has 1 aliphatic heterocycles. The van der Waals surface area contributed by atoms with Gasteiger partial charge in [0.2, 0.25) is 0 Å². The molecule has 0 bridgehead atoms. The zero-order chi connectivity index (χ0) is 13.8. The molecule has 2 aromatic rings. The number of nitrogens with zero attached hydrogens (tertiary/aromatic N) is 2. The smallest absolute Gasteiger partial charge is 0.0668 e. The van der Waals surface area contributed by atoms with Crippen LogP contribution >= 0.6 is 0 Å². The van der Waals surface area contributed by atoms with E-state index in [9.17, 15) is 0 Å². The second kappa shape index (κ2) is 5.74. The van der Waals surface area contributed by atoms with Gasteiger partial charge in [0.25, 0.3) is 0 Å². The average molecular weight is 262 g/mol. The monoisotopic (exact) mass is 262 g/mol. The molecule has 2 heteroatoms. The molecule has 0 amide bonds. The van der Waals surface area contributed by atoms with Crippen LogP contribution in [-0.2, 0) is 0 Å². The van der Waals surface area contributed by atoms with Crippen LogP contribution in [0.4, 0.5) is 5.69 Å². The van der Waals surface area contributed by atoms with Gasteiger partial charge in [-0.2, -0.15) is 0 Å². The van der Waals surface area contributed by atoms with Crippen molar-refractivity contribution >= 4 is 17.5 Å². The van der Waals surface area contributed by atoms with Crippen molar-refractivity contribution in [2.45, 2.75) is 0 Å². The van der Waals surface area contributed by atoms with E-state index in [1.165, 1.54) is 16.8 Å². The van der Waals surface area contributed by atoms with E-state index in [1.807, 2.05) is 6.07 Å². The lowest BCUT2D eigenvalue weighted by Gasteiger charge is -2.18. The molecular formula is C18H18N2. The summed E-state index contributed by atoms with van der Waals surface area (Å²) in [5.41, 5.74) is 4.72. The van der Waals surface area contributed by atoms with E-state index in [0.717, 1.165) is 18.8 Å². The second-order valence-electron chi connectivity index (χ2n) is 4.95. The quantitative estimate of drug-likeness (QED) is 0.806. The van der Waals surface area contributed by atoms with Gasteiger partial charge in [-0.3, -0.25) is 4.99 Å². The van der Waals surface area contributed by atoms with E-state index in [1.54, 1.807) is 0 Å². The lowest BCUT2D eigenvalue weighted by molar-refractivity contribution is 0.897. The van der Waals surface area contributed by atoms with E-state index in [0.29, 0.717) is 0 Å². The van der Waals surface area contributed by atoms with Gasteiger partial charge in [0, 0.05) is 24.8 Å². The summed E-state index contributed by atoms with van der Waals surface area (Å²) in [5.74, 6) is 0. The molecule has 20 heavy (non-hydrogen) atoms. The maximum absolute atomic E-state index is 4.72. The molecule has 2 nitrogen and oxygen atoms in total. The van der Waals surface area contributed by atoms with Crippen LogP contribution in [0.15, 0.2) is 65.7 Å². The Balaban J connectivity index is 1.95. The molecule has 3 rings (SSSR count). The Kier molecular flexibility index (Phi) is 3.64. The molecule has 0 saturated heterocycles. The lowest BCUT2D eigenvalue weighted by atomic mass is 10.1. The van der Waals surface area contributed by atoms with E-state index in [-0.39, 0.29) is 0 Å². The molecule has 0 spiro atoms. The van der Waals surface area contributed by atoms with Crippen LogP contribution in [0.1, 0.15) is 11.1 Å². The maximum atomic E-state index is 4.72. The van der Waals surface area contributed by atoms with E-state index >= 15 is 0 Å². The summed E-state index contributed by atoms with van der Waals surface area (Å²) in [4.78, 5) is 6.98. The number of anilines is 1. The Morgan fingerprint density at radius 1 is 0.950 bits per heavy atom. The van der Waals surface area contributed by atoms with E-state index in [2.05, 4.69) is 72.6 Å². The molecule has 100 valence electrons. The summed E-state index contributed by atoms with van der Waals surface area (Å²) in [6, 6.07) is 18.8. The van der Waals surface area contributed by atoms with Gasteiger partial charge in [0.1, 0.15) is 0 Å². The topological polar surface area (TPSA) is 15.6 Å².